The number of carbonyl (C=O) groups excluding carboxylic acids is 2. The van der Waals surface area contributed by atoms with Gasteiger partial charge in [0.25, 0.3) is 15.9 Å². The molecule has 2 rings (SSSR count). The Bertz CT molecular complexity index is 1000. The van der Waals surface area contributed by atoms with Crippen molar-refractivity contribution in [3.63, 3.8) is 0 Å². The third kappa shape index (κ3) is 4.94. The molecule has 1 aromatic heterocycles. The first-order valence-corrected chi connectivity index (χ1v) is 10.8. The van der Waals surface area contributed by atoms with Crippen molar-refractivity contribution in [2.75, 3.05) is 14.2 Å². The van der Waals surface area contributed by atoms with Gasteiger partial charge in [-0.15, -0.1) is 11.3 Å². The van der Waals surface area contributed by atoms with Gasteiger partial charge in [0.2, 0.25) is 0 Å². The Balaban J connectivity index is 2.25. The smallest absolute Gasteiger partial charge is 0.328 e. The molecule has 0 saturated carbocycles. The van der Waals surface area contributed by atoms with Crippen molar-refractivity contribution in [3.8, 4) is 5.75 Å². The molecule has 3 N–H and O–H groups in total. The number of hydrogen-bond acceptors (Lipinski definition) is 6. The Morgan fingerprint density at radius 3 is 2.54 bits per heavy atom. The Kier molecular flexibility index (Phi) is 6.91. The maximum absolute atomic E-state index is 12.6. The summed E-state index contributed by atoms with van der Waals surface area (Å²) >= 11 is 6.94. The van der Waals surface area contributed by atoms with Crippen LogP contribution in [0.2, 0.25) is 5.02 Å². The van der Waals surface area contributed by atoms with E-state index in [1.54, 1.807) is 26.0 Å². The van der Waals surface area contributed by atoms with Crippen LogP contribution in [0.15, 0.2) is 28.5 Å². The minimum atomic E-state index is -4.00. The highest BCUT2D eigenvalue weighted by Crippen LogP contribution is 2.31. The molecule has 0 aliphatic rings. The molecule has 2 aromatic rings. The zero-order valence-electron chi connectivity index (χ0n) is 15.6. The van der Waals surface area contributed by atoms with Crippen LogP contribution in [0.25, 0.3) is 0 Å². The summed E-state index contributed by atoms with van der Waals surface area (Å²) in [5.41, 5.74) is 0.943. The zero-order chi connectivity index (χ0) is 21.1. The van der Waals surface area contributed by atoms with E-state index in [9.17, 15) is 18.0 Å². The molecule has 0 bridgehead atoms. The first kappa shape index (κ1) is 22.0. The summed E-state index contributed by atoms with van der Waals surface area (Å²) in [5, 5.41) is 5.39. The van der Waals surface area contributed by atoms with Crippen molar-refractivity contribution in [1.29, 1.82) is 0 Å². The highest BCUT2D eigenvalue weighted by molar-refractivity contribution is 7.92. The fourth-order valence-electron chi connectivity index (χ4n) is 2.45. The number of amides is 3. The highest BCUT2D eigenvalue weighted by atomic mass is 35.5. The number of sulfonamides is 1. The Morgan fingerprint density at radius 2 is 1.93 bits per heavy atom. The molecule has 152 valence electrons. The van der Waals surface area contributed by atoms with Gasteiger partial charge < -0.3 is 15.4 Å². The molecule has 1 heterocycles. The average molecular weight is 446 g/mol. The lowest BCUT2D eigenvalue weighted by atomic mass is 10.1. The summed E-state index contributed by atoms with van der Waals surface area (Å²) in [6, 6.07) is 4.83. The molecule has 0 radical (unpaired) electrons. The second-order valence-electron chi connectivity index (χ2n) is 5.84. The Labute approximate surface area is 172 Å². The van der Waals surface area contributed by atoms with E-state index in [4.69, 9.17) is 16.3 Å². The van der Waals surface area contributed by atoms with Gasteiger partial charge >= 0.3 is 6.03 Å². The molecular formula is C17H20ClN3O5S2. The van der Waals surface area contributed by atoms with Crippen LogP contribution >= 0.6 is 22.9 Å². The molecule has 28 heavy (non-hydrogen) atoms. The van der Waals surface area contributed by atoms with Crippen LogP contribution in [0, 0.1) is 6.92 Å². The van der Waals surface area contributed by atoms with Crippen LogP contribution in [0.1, 0.15) is 33.8 Å². The lowest BCUT2D eigenvalue weighted by Crippen LogP contribution is -2.37. The second kappa shape index (κ2) is 8.80. The zero-order valence-corrected chi connectivity index (χ0v) is 18.0. The molecule has 11 heteroatoms. The lowest BCUT2D eigenvalue weighted by molar-refractivity contribution is 0.0937. The average Bonchev–Trinajstić information content (AvgIpc) is 3.04. The number of nitrogens with one attached hydrogen (secondary N) is 3. The number of carbonyl (C=O) groups is 2. The fourth-order valence-corrected chi connectivity index (χ4v) is 5.14. The summed E-state index contributed by atoms with van der Waals surface area (Å²) in [4.78, 5) is 24.6. The number of ether oxygens (including phenoxy) is 1. The fraction of sp³-hybridized carbons (Fsp3) is 0.294. The van der Waals surface area contributed by atoms with Crippen LogP contribution in [0.3, 0.4) is 0 Å². The molecule has 3 amide bonds. The number of methoxy groups -OCH3 is 1. The number of halogens is 1. The summed E-state index contributed by atoms with van der Waals surface area (Å²) in [5.74, 6) is -0.0393. The van der Waals surface area contributed by atoms with Gasteiger partial charge in [0, 0.05) is 16.9 Å². The number of thiophene rings is 1. The summed E-state index contributed by atoms with van der Waals surface area (Å²) in [6.07, 6.45) is 0. The van der Waals surface area contributed by atoms with Crippen molar-refractivity contribution in [3.05, 3.63) is 45.3 Å². The topological polar surface area (TPSA) is 114 Å². The van der Waals surface area contributed by atoms with Gasteiger partial charge in [-0.05, 0) is 43.7 Å². The van der Waals surface area contributed by atoms with Crippen LogP contribution in [-0.2, 0) is 10.0 Å². The predicted octanol–water partition coefficient (Wildman–Crippen LogP) is 2.83. The van der Waals surface area contributed by atoms with E-state index in [2.05, 4.69) is 10.6 Å². The van der Waals surface area contributed by atoms with E-state index in [0.29, 0.717) is 21.2 Å². The molecule has 1 aromatic carbocycles. The minimum absolute atomic E-state index is 0.0231. The van der Waals surface area contributed by atoms with E-state index < -0.39 is 28.0 Å². The first-order chi connectivity index (χ1) is 13.1. The van der Waals surface area contributed by atoms with Crippen molar-refractivity contribution in [2.24, 2.45) is 0 Å². The lowest BCUT2D eigenvalue weighted by Gasteiger charge is -2.15. The molecule has 0 aliphatic heterocycles. The summed E-state index contributed by atoms with van der Waals surface area (Å²) in [7, 11) is -1.23. The minimum Gasteiger partial charge on any atom is -0.496 e. The first-order valence-electron chi connectivity index (χ1n) is 8.08. The number of aryl methyl sites for hydroxylation is 1. The molecule has 8 nitrogen and oxygen atoms in total. The molecule has 1 unspecified atom stereocenters. The SMILES string of the molecule is CNC(=O)NS(=O)(=O)c1cc(C)c(C(C)NC(=O)c2cc(Cl)ccc2OC)s1. The van der Waals surface area contributed by atoms with E-state index in [0.717, 1.165) is 11.3 Å². The van der Waals surface area contributed by atoms with Gasteiger partial charge in [-0.1, -0.05) is 11.6 Å². The number of benzene rings is 1. The molecule has 0 fully saturated rings. The highest BCUT2D eigenvalue weighted by Gasteiger charge is 2.24. The maximum atomic E-state index is 12.6. The molecule has 0 saturated heterocycles. The van der Waals surface area contributed by atoms with Crippen LogP contribution in [0.4, 0.5) is 4.79 Å². The van der Waals surface area contributed by atoms with Crippen molar-refractivity contribution < 1.29 is 22.7 Å². The molecule has 0 spiro atoms. The third-order valence-electron chi connectivity index (χ3n) is 3.80. The number of hydrogen-bond donors (Lipinski definition) is 3. The summed E-state index contributed by atoms with van der Waals surface area (Å²) < 4.78 is 31.6. The Hall–Kier alpha value is -2.30. The van der Waals surface area contributed by atoms with E-state index >= 15 is 0 Å². The number of urea groups is 1. The monoisotopic (exact) mass is 445 g/mol. The predicted molar refractivity (Wildman–Crippen MR) is 108 cm³/mol. The van der Waals surface area contributed by atoms with Gasteiger partial charge in [0.15, 0.2) is 0 Å². The maximum Gasteiger partial charge on any atom is 0.328 e. The largest absolute Gasteiger partial charge is 0.496 e. The van der Waals surface area contributed by atoms with Gasteiger partial charge in [-0.2, -0.15) is 0 Å². The summed E-state index contributed by atoms with van der Waals surface area (Å²) in [6.45, 7) is 3.46. The quantitative estimate of drug-likeness (QED) is 0.632. The van der Waals surface area contributed by atoms with Gasteiger partial charge in [0.05, 0.1) is 18.7 Å². The van der Waals surface area contributed by atoms with E-state index in [1.807, 2.05) is 4.72 Å². The van der Waals surface area contributed by atoms with Gasteiger partial charge in [0.1, 0.15) is 9.96 Å². The van der Waals surface area contributed by atoms with Crippen molar-refractivity contribution >= 4 is 44.9 Å². The van der Waals surface area contributed by atoms with Crippen LogP contribution in [-0.4, -0.2) is 34.5 Å². The van der Waals surface area contributed by atoms with Crippen molar-refractivity contribution in [2.45, 2.75) is 24.1 Å². The van der Waals surface area contributed by atoms with Gasteiger partial charge in [-0.3, -0.25) is 4.79 Å². The van der Waals surface area contributed by atoms with E-state index in [1.165, 1.54) is 26.3 Å². The van der Waals surface area contributed by atoms with Crippen LogP contribution < -0.4 is 20.1 Å². The Morgan fingerprint density at radius 1 is 1.25 bits per heavy atom. The van der Waals surface area contributed by atoms with Gasteiger partial charge in [-0.25, -0.2) is 17.9 Å². The molecular weight excluding hydrogens is 426 g/mol. The van der Waals surface area contributed by atoms with Crippen molar-refractivity contribution in [1.82, 2.24) is 15.4 Å². The number of rotatable bonds is 6. The van der Waals surface area contributed by atoms with E-state index in [-0.39, 0.29) is 9.77 Å². The molecule has 0 aliphatic carbocycles. The second-order valence-corrected chi connectivity index (χ2v) is 9.27. The van der Waals surface area contributed by atoms with Crippen LogP contribution in [0.5, 0.6) is 5.75 Å². The normalized spacial score (nSPS) is 12.2. The third-order valence-corrected chi connectivity index (χ3v) is 7.26. The standard InChI is InChI=1S/C17H20ClN3O5S2/c1-9-7-14(28(24,25)21-17(23)19-3)27-15(9)10(2)20-16(22)12-8-11(18)5-6-13(12)26-4/h5-8,10H,1-4H3,(H,20,22)(H2,19,21,23). The molecule has 1 atom stereocenters.